The highest BCUT2D eigenvalue weighted by molar-refractivity contribution is 5.78. The molecule has 1 aromatic rings. The van der Waals surface area contributed by atoms with E-state index in [1.807, 2.05) is 0 Å². The zero-order chi connectivity index (χ0) is 11.2. The fourth-order valence-electron chi connectivity index (χ4n) is 1.83. The molecule has 0 atom stereocenters. The van der Waals surface area contributed by atoms with Crippen molar-refractivity contribution in [3.8, 4) is 0 Å². The molecule has 0 aliphatic heterocycles. The number of carbonyl (C=O) groups is 1. The van der Waals surface area contributed by atoms with Gasteiger partial charge in [0.25, 0.3) is 0 Å². The van der Waals surface area contributed by atoms with Gasteiger partial charge in [-0.15, -0.1) is 0 Å². The molecule has 0 bridgehead atoms. The van der Waals surface area contributed by atoms with Crippen molar-refractivity contribution in [1.29, 1.82) is 0 Å². The Balaban J connectivity index is 1.74. The van der Waals surface area contributed by atoms with Crippen LogP contribution in [0, 0.1) is 0 Å². The minimum absolute atomic E-state index is 0.0598. The maximum Gasteiger partial charge on any atom is 0.224 e. The molecule has 0 saturated heterocycles. The maximum absolute atomic E-state index is 11.6. The van der Waals surface area contributed by atoms with E-state index in [1.165, 1.54) is 24.7 Å². The van der Waals surface area contributed by atoms with Crippen LogP contribution in [0.15, 0.2) is 18.0 Å². The molecule has 1 heterocycles. The summed E-state index contributed by atoms with van der Waals surface area (Å²) in [7, 11) is 0. The number of allylic oxidation sites excluding steroid dienone is 1. The summed E-state index contributed by atoms with van der Waals surface area (Å²) in [6, 6.07) is 0. The van der Waals surface area contributed by atoms with Crippen LogP contribution < -0.4 is 5.32 Å². The summed E-state index contributed by atoms with van der Waals surface area (Å²) in [4.78, 5) is 15.5. The fourth-order valence-corrected chi connectivity index (χ4v) is 1.83. The summed E-state index contributed by atoms with van der Waals surface area (Å²) in [5.41, 5.74) is 1.27. The maximum atomic E-state index is 11.6. The summed E-state index contributed by atoms with van der Waals surface area (Å²) in [5.74, 6) is 0.746. The standard InChI is InChI=1S/C11H16N4O/c16-11(6-9-4-2-1-3-5-9)12-7-10-13-8-14-15-10/h4,8H,1-3,5-7H2,(H,12,16)(H,13,14,15). The van der Waals surface area contributed by atoms with Crippen molar-refractivity contribution < 1.29 is 4.79 Å². The molecule has 0 saturated carbocycles. The molecule has 2 N–H and O–H groups in total. The zero-order valence-corrected chi connectivity index (χ0v) is 9.20. The quantitative estimate of drug-likeness (QED) is 0.751. The van der Waals surface area contributed by atoms with Gasteiger partial charge in [0.2, 0.25) is 5.91 Å². The van der Waals surface area contributed by atoms with Gasteiger partial charge in [0.05, 0.1) is 6.54 Å². The Kier molecular flexibility index (Phi) is 3.69. The highest BCUT2D eigenvalue weighted by atomic mass is 16.1. The van der Waals surface area contributed by atoms with Gasteiger partial charge in [0.15, 0.2) is 0 Å². The molecule has 1 amide bonds. The molecule has 86 valence electrons. The molecular weight excluding hydrogens is 204 g/mol. The van der Waals surface area contributed by atoms with Gasteiger partial charge in [0, 0.05) is 6.42 Å². The van der Waals surface area contributed by atoms with Crippen molar-refractivity contribution in [2.45, 2.75) is 38.6 Å². The van der Waals surface area contributed by atoms with E-state index >= 15 is 0 Å². The molecule has 0 radical (unpaired) electrons. The number of carbonyl (C=O) groups excluding carboxylic acids is 1. The largest absolute Gasteiger partial charge is 0.349 e. The average Bonchev–Trinajstić information content (AvgIpc) is 2.81. The third-order valence-corrected chi connectivity index (χ3v) is 2.69. The van der Waals surface area contributed by atoms with E-state index in [4.69, 9.17) is 0 Å². The van der Waals surface area contributed by atoms with Crippen LogP contribution in [0.3, 0.4) is 0 Å². The number of hydrogen-bond acceptors (Lipinski definition) is 3. The number of nitrogens with zero attached hydrogens (tertiary/aromatic N) is 2. The predicted molar refractivity (Wildman–Crippen MR) is 59.4 cm³/mol. The van der Waals surface area contributed by atoms with Crippen LogP contribution in [0.1, 0.15) is 37.9 Å². The molecule has 1 aromatic heterocycles. The first-order chi connectivity index (χ1) is 7.84. The van der Waals surface area contributed by atoms with E-state index in [9.17, 15) is 4.79 Å². The zero-order valence-electron chi connectivity index (χ0n) is 9.20. The lowest BCUT2D eigenvalue weighted by Crippen LogP contribution is -2.23. The molecule has 0 spiro atoms. The van der Waals surface area contributed by atoms with Gasteiger partial charge >= 0.3 is 0 Å². The number of aromatic nitrogens is 3. The van der Waals surface area contributed by atoms with Gasteiger partial charge in [-0.05, 0) is 25.7 Å². The van der Waals surface area contributed by atoms with Crippen LogP contribution in [0.25, 0.3) is 0 Å². The minimum Gasteiger partial charge on any atom is -0.349 e. The van der Waals surface area contributed by atoms with Crippen molar-refractivity contribution >= 4 is 5.91 Å². The number of hydrogen-bond donors (Lipinski definition) is 2. The van der Waals surface area contributed by atoms with Crippen LogP contribution in [0.5, 0.6) is 0 Å². The lowest BCUT2D eigenvalue weighted by molar-refractivity contribution is -0.120. The number of amides is 1. The SMILES string of the molecule is O=C(CC1=CCCCC1)NCc1ncn[nH]1. The Hall–Kier alpha value is -1.65. The number of nitrogens with one attached hydrogen (secondary N) is 2. The molecule has 1 aliphatic carbocycles. The van der Waals surface area contributed by atoms with Gasteiger partial charge < -0.3 is 5.32 Å². The predicted octanol–water partition coefficient (Wildman–Crippen LogP) is 1.31. The van der Waals surface area contributed by atoms with Crippen LogP contribution in [0.2, 0.25) is 0 Å². The Bertz CT molecular complexity index is 369. The topological polar surface area (TPSA) is 70.7 Å². The molecule has 0 fully saturated rings. The molecule has 0 aromatic carbocycles. The third kappa shape index (κ3) is 3.18. The van der Waals surface area contributed by atoms with E-state index in [-0.39, 0.29) is 5.91 Å². The van der Waals surface area contributed by atoms with Gasteiger partial charge in [-0.25, -0.2) is 4.98 Å². The smallest absolute Gasteiger partial charge is 0.224 e. The van der Waals surface area contributed by atoms with E-state index in [0.717, 1.165) is 12.8 Å². The monoisotopic (exact) mass is 220 g/mol. The molecule has 5 heteroatoms. The summed E-state index contributed by atoms with van der Waals surface area (Å²) < 4.78 is 0. The number of aromatic amines is 1. The lowest BCUT2D eigenvalue weighted by atomic mass is 9.97. The van der Waals surface area contributed by atoms with Crippen LogP contribution in [0.4, 0.5) is 0 Å². The first kappa shape index (κ1) is 10.9. The first-order valence-corrected chi connectivity index (χ1v) is 5.63. The average molecular weight is 220 g/mol. The Morgan fingerprint density at radius 3 is 3.12 bits per heavy atom. The lowest BCUT2D eigenvalue weighted by Gasteiger charge is -2.11. The normalized spacial score (nSPS) is 15.6. The van der Waals surface area contributed by atoms with Gasteiger partial charge in [-0.2, -0.15) is 5.10 Å². The summed E-state index contributed by atoms with van der Waals surface area (Å²) in [5, 5.41) is 9.24. The van der Waals surface area contributed by atoms with Crippen molar-refractivity contribution in [2.24, 2.45) is 0 Å². The molecule has 1 aliphatic rings. The number of H-pyrrole nitrogens is 1. The van der Waals surface area contributed by atoms with Crippen LogP contribution >= 0.6 is 0 Å². The van der Waals surface area contributed by atoms with Gasteiger partial charge in [-0.3, -0.25) is 9.89 Å². The van der Waals surface area contributed by atoms with Crippen molar-refractivity contribution in [3.05, 3.63) is 23.8 Å². The summed E-state index contributed by atoms with van der Waals surface area (Å²) in [6.45, 7) is 0.423. The molecule has 0 unspecified atom stereocenters. The Morgan fingerprint density at radius 2 is 2.44 bits per heavy atom. The number of rotatable bonds is 4. The van der Waals surface area contributed by atoms with Crippen LogP contribution in [-0.4, -0.2) is 21.1 Å². The molecule has 2 rings (SSSR count). The second-order valence-electron chi connectivity index (χ2n) is 3.99. The Morgan fingerprint density at radius 1 is 1.50 bits per heavy atom. The van der Waals surface area contributed by atoms with E-state index < -0.39 is 0 Å². The second-order valence-corrected chi connectivity index (χ2v) is 3.99. The molecule has 5 nitrogen and oxygen atoms in total. The third-order valence-electron chi connectivity index (χ3n) is 2.69. The van der Waals surface area contributed by atoms with E-state index in [0.29, 0.717) is 18.8 Å². The van der Waals surface area contributed by atoms with Crippen molar-refractivity contribution in [3.63, 3.8) is 0 Å². The fraction of sp³-hybridized carbons (Fsp3) is 0.545. The van der Waals surface area contributed by atoms with E-state index in [2.05, 4.69) is 26.6 Å². The van der Waals surface area contributed by atoms with E-state index in [1.54, 1.807) is 0 Å². The molecular formula is C11H16N4O. The highest BCUT2D eigenvalue weighted by Gasteiger charge is 2.09. The van der Waals surface area contributed by atoms with Crippen LogP contribution in [-0.2, 0) is 11.3 Å². The second kappa shape index (κ2) is 5.44. The van der Waals surface area contributed by atoms with Crippen molar-refractivity contribution in [1.82, 2.24) is 20.5 Å². The molecule has 16 heavy (non-hydrogen) atoms. The van der Waals surface area contributed by atoms with Gasteiger partial charge in [-0.1, -0.05) is 11.6 Å². The minimum atomic E-state index is 0.0598. The van der Waals surface area contributed by atoms with Crippen molar-refractivity contribution in [2.75, 3.05) is 0 Å². The summed E-state index contributed by atoms with van der Waals surface area (Å²) in [6.07, 6.45) is 8.79. The first-order valence-electron chi connectivity index (χ1n) is 5.63. The summed E-state index contributed by atoms with van der Waals surface area (Å²) >= 11 is 0. The highest BCUT2D eigenvalue weighted by Crippen LogP contribution is 2.19. The Labute approximate surface area is 94.3 Å². The van der Waals surface area contributed by atoms with Gasteiger partial charge in [0.1, 0.15) is 12.2 Å².